The molecule has 0 saturated carbocycles. The topological polar surface area (TPSA) is 44.7 Å². The number of phenols is 1. The van der Waals surface area contributed by atoms with Crippen molar-refractivity contribution < 1.29 is 9.84 Å². The van der Waals surface area contributed by atoms with Crippen LogP contribution < -0.4 is 10.1 Å². The van der Waals surface area contributed by atoms with E-state index in [9.17, 15) is 5.11 Å². The average molecular weight is 262 g/mol. The fraction of sp³-hybridized carbons (Fsp3) is 0.600. The van der Waals surface area contributed by atoms with E-state index in [1.807, 2.05) is 6.07 Å². The van der Waals surface area contributed by atoms with E-state index in [4.69, 9.17) is 4.74 Å². The van der Waals surface area contributed by atoms with Crippen LogP contribution in [0.25, 0.3) is 0 Å². The average Bonchev–Trinajstić information content (AvgIpc) is 2.64. The first-order chi connectivity index (χ1) is 9.25. The van der Waals surface area contributed by atoms with Crippen LogP contribution in [0.2, 0.25) is 0 Å². The molecule has 0 radical (unpaired) electrons. The number of hydrogen-bond acceptors (Lipinski definition) is 4. The molecule has 0 amide bonds. The van der Waals surface area contributed by atoms with Gasteiger partial charge in [0.25, 0.3) is 0 Å². The first kappa shape index (κ1) is 12.8. The fourth-order valence-electron chi connectivity index (χ4n) is 3.18. The Hall–Kier alpha value is -1.26. The van der Waals surface area contributed by atoms with Crippen LogP contribution in [0.4, 0.5) is 0 Å². The van der Waals surface area contributed by atoms with E-state index in [0.29, 0.717) is 18.7 Å². The van der Waals surface area contributed by atoms with Gasteiger partial charge in [-0.15, -0.1) is 0 Å². The van der Waals surface area contributed by atoms with Crippen molar-refractivity contribution in [3.63, 3.8) is 0 Å². The van der Waals surface area contributed by atoms with E-state index in [1.165, 1.54) is 24.8 Å². The molecule has 2 aliphatic heterocycles. The largest absolute Gasteiger partial charge is 0.508 e. The second-order valence-electron chi connectivity index (χ2n) is 5.55. The lowest BCUT2D eigenvalue weighted by Crippen LogP contribution is -2.36. The summed E-state index contributed by atoms with van der Waals surface area (Å²) in [5, 5.41) is 13.0. The molecular weight excluding hydrogens is 240 g/mol. The predicted octanol–water partition coefficient (Wildman–Crippen LogP) is 1.90. The molecule has 2 unspecified atom stereocenters. The number of phenolic OH excluding ortho intramolecular Hbond substituents is 1. The van der Waals surface area contributed by atoms with Gasteiger partial charge < -0.3 is 15.2 Å². The Morgan fingerprint density at radius 3 is 3.11 bits per heavy atom. The molecule has 2 atom stereocenters. The minimum Gasteiger partial charge on any atom is -0.508 e. The van der Waals surface area contributed by atoms with Crippen LogP contribution in [-0.4, -0.2) is 42.8 Å². The molecule has 2 aliphatic rings. The summed E-state index contributed by atoms with van der Waals surface area (Å²) in [7, 11) is 2.20. The zero-order valence-electron chi connectivity index (χ0n) is 11.4. The zero-order chi connectivity index (χ0) is 13.2. The minimum absolute atomic E-state index is 0.278. The van der Waals surface area contributed by atoms with Crippen molar-refractivity contribution in [3.8, 4) is 11.5 Å². The molecule has 19 heavy (non-hydrogen) atoms. The molecule has 4 nitrogen and oxygen atoms in total. The monoisotopic (exact) mass is 262 g/mol. The van der Waals surface area contributed by atoms with Gasteiger partial charge in [-0.05, 0) is 51.5 Å². The number of nitrogens with zero attached hydrogens (tertiary/aromatic N) is 1. The van der Waals surface area contributed by atoms with Gasteiger partial charge in [-0.25, -0.2) is 0 Å². The highest BCUT2D eigenvalue weighted by atomic mass is 16.5. The third-order valence-corrected chi connectivity index (χ3v) is 4.37. The minimum atomic E-state index is 0.278. The van der Waals surface area contributed by atoms with Gasteiger partial charge in [0.2, 0.25) is 0 Å². The van der Waals surface area contributed by atoms with E-state index in [0.717, 1.165) is 18.8 Å². The Kier molecular flexibility index (Phi) is 3.62. The van der Waals surface area contributed by atoms with E-state index in [2.05, 4.69) is 17.3 Å². The van der Waals surface area contributed by atoms with E-state index < -0.39 is 0 Å². The molecule has 3 rings (SSSR count). The number of likely N-dealkylation sites (N-methyl/N-ethyl adjacent to an activating group) is 1. The van der Waals surface area contributed by atoms with Gasteiger partial charge in [0.15, 0.2) is 0 Å². The molecule has 2 N–H and O–H groups in total. The molecule has 1 aromatic carbocycles. The standard InChI is InChI=1S/C15H22N2O2/c1-17(11-3-2-7-16-8-6-11)14-10-19-15-9-12(18)4-5-13(14)15/h4-5,9,11,14,16,18H,2-3,6-8,10H2,1H3. The van der Waals surface area contributed by atoms with Crippen molar-refractivity contribution in [2.45, 2.75) is 31.3 Å². The summed E-state index contributed by atoms with van der Waals surface area (Å²) in [6.45, 7) is 2.93. The van der Waals surface area contributed by atoms with Crippen LogP contribution in [0.3, 0.4) is 0 Å². The number of benzene rings is 1. The number of ether oxygens (including phenoxy) is 1. The summed E-state index contributed by atoms with van der Waals surface area (Å²) in [4.78, 5) is 2.45. The molecule has 0 aliphatic carbocycles. The number of nitrogens with one attached hydrogen (secondary N) is 1. The quantitative estimate of drug-likeness (QED) is 0.854. The lowest BCUT2D eigenvalue weighted by Gasteiger charge is -2.31. The van der Waals surface area contributed by atoms with E-state index >= 15 is 0 Å². The molecule has 0 bridgehead atoms. The van der Waals surface area contributed by atoms with Crippen molar-refractivity contribution in [3.05, 3.63) is 23.8 Å². The molecular formula is C15H22N2O2. The van der Waals surface area contributed by atoms with Crippen molar-refractivity contribution in [1.29, 1.82) is 0 Å². The Balaban J connectivity index is 1.76. The smallest absolute Gasteiger partial charge is 0.127 e. The Morgan fingerprint density at radius 2 is 2.21 bits per heavy atom. The first-order valence-electron chi connectivity index (χ1n) is 7.14. The van der Waals surface area contributed by atoms with Gasteiger partial charge in [-0.1, -0.05) is 0 Å². The van der Waals surface area contributed by atoms with Crippen LogP contribution in [0, 0.1) is 0 Å². The van der Waals surface area contributed by atoms with Crippen molar-refractivity contribution in [2.24, 2.45) is 0 Å². The molecule has 4 heteroatoms. The lowest BCUT2D eigenvalue weighted by molar-refractivity contribution is 0.135. The van der Waals surface area contributed by atoms with Crippen LogP contribution in [0.5, 0.6) is 11.5 Å². The summed E-state index contributed by atoms with van der Waals surface area (Å²) in [6, 6.07) is 6.40. The lowest BCUT2D eigenvalue weighted by atomic mass is 10.0. The maximum absolute atomic E-state index is 9.51. The summed E-state index contributed by atoms with van der Waals surface area (Å²) < 4.78 is 5.72. The summed E-state index contributed by atoms with van der Waals surface area (Å²) in [5.41, 5.74) is 1.21. The van der Waals surface area contributed by atoms with Gasteiger partial charge in [-0.3, -0.25) is 4.90 Å². The number of hydrogen-bond donors (Lipinski definition) is 2. The number of rotatable bonds is 2. The summed E-state index contributed by atoms with van der Waals surface area (Å²) >= 11 is 0. The Labute approximate surface area is 114 Å². The highest BCUT2D eigenvalue weighted by molar-refractivity contribution is 5.44. The SMILES string of the molecule is CN(C1CCCNCC1)C1COc2cc(O)ccc21. The molecule has 2 heterocycles. The molecule has 0 aromatic heterocycles. The zero-order valence-corrected chi connectivity index (χ0v) is 11.4. The number of fused-ring (bicyclic) bond motifs is 1. The van der Waals surface area contributed by atoms with E-state index in [1.54, 1.807) is 12.1 Å². The first-order valence-corrected chi connectivity index (χ1v) is 7.14. The van der Waals surface area contributed by atoms with Crippen molar-refractivity contribution in [1.82, 2.24) is 10.2 Å². The van der Waals surface area contributed by atoms with Crippen molar-refractivity contribution in [2.75, 3.05) is 26.7 Å². The highest BCUT2D eigenvalue weighted by Gasteiger charge is 2.31. The van der Waals surface area contributed by atoms with Gasteiger partial charge in [0, 0.05) is 17.7 Å². The Bertz CT molecular complexity index is 442. The Morgan fingerprint density at radius 1 is 1.32 bits per heavy atom. The molecule has 1 aromatic rings. The number of aromatic hydroxyl groups is 1. The summed E-state index contributed by atoms with van der Waals surface area (Å²) in [6.07, 6.45) is 3.68. The van der Waals surface area contributed by atoms with Crippen LogP contribution in [0.15, 0.2) is 18.2 Å². The maximum Gasteiger partial charge on any atom is 0.127 e. The third-order valence-electron chi connectivity index (χ3n) is 4.37. The van der Waals surface area contributed by atoms with Crippen LogP contribution >= 0.6 is 0 Å². The second kappa shape index (κ2) is 5.39. The molecule has 0 spiro atoms. The second-order valence-corrected chi connectivity index (χ2v) is 5.55. The molecule has 1 saturated heterocycles. The van der Waals surface area contributed by atoms with Crippen LogP contribution in [-0.2, 0) is 0 Å². The maximum atomic E-state index is 9.51. The summed E-state index contributed by atoms with van der Waals surface area (Å²) in [5.74, 6) is 1.12. The fourth-order valence-corrected chi connectivity index (χ4v) is 3.18. The van der Waals surface area contributed by atoms with Crippen molar-refractivity contribution >= 4 is 0 Å². The predicted molar refractivity (Wildman–Crippen MR) is 74.6 cm³/mol. The highest BCUT2D eigenvalue weighted by Crippen LogP contribution is 2.39. The molecule has 1 fully saturated rings. The van der Waals surface area contributed by atoms with Gasteiger partial charge in [-0.2, -0.15) is 0 Å². The third kappa shape index (κ3) is 2.55. The normalized spacial score (nSPS) is 26.8. The van der Waals surface area contributed by atoms with Gasteiger partial charge in [0.1, 0.15) is 18.1 Å². The van der Waals surface area contributed by atoms with Gasteiger partial charge in [0.05, 0.1) is 6.04 Å². The van der Waals surface area contributed by atoms with E-state index in [-0.39, 0.29) is 5.75 Å². The van der Waals surface area contributed by atoms with Crippen LogP contribution in [0.1, 0.15) is 30.9 Å². The van der Waals surface area contributed by atoms with Gasteiger partial charge >= 0.3 is 0 Å². The molecule has 104 valence electrons.